The predicted octanol–water partition coefficient (Wildman–Crippen LogP) is 4.56. The van der Waals surface area contributed by atoms with Crippen LogP contribution >= 0.6 is 0 Å². The molecule has 0 aliphatic carbocycles. The Labute approximate surface area is 159 Å². The van der Waals surface area contributed by atoms with Crippen molar-refractivity contribution in [3.8, 4) is 11.5 Å². The first-order valence-corrected chi connectivity index (χ1v) is 8.91. The van der Waals surface area contributed by atoms with Crippen LogP contribution in [0.15, 0.2) is 71.4 Å². The lowest BCUT2D eigenvalue weighted by Gasteiger charge is -2.11. The zero-order chi connectivity index (χ0) is 18.8. The summed E-state index contributed by atoms with van der Waals surface area (Å²) in [5.74, 6) is 0.634. The summed E-state index contributed by atoms with van der Waals surface area (Å²) in [4.78, 5) is 6.74. The molecule has 0 saturated carbocycles. The van der Waals surface area contributed by atoms with Gasteiger partial charge >= 0.3 is 0 Å². The molecule has 0 saturated heterocycles. The minimum absolute atomic E-state index is 0.634. The van der Waals surface area contributed by atoms with Gasteiger partial charge in [0.1, 0.15) is 18.1 Å². The van der Waals surface area contributed by atoms with Gasteiger partial charge in [-0.3, -0.25) is 0 Å². The first-order valence-electron chi connectivity index (χ1n) is 8.91. The average Bonchev–Trinajstić information content (AvgIpc) is 3.11. The Hall–Kier alpha value is -3.40. The van der Waals surface area contributed by atoms with Gasteiger partial charge < -0.3 is 9.32 Å². The van der Waals surface area contributed by atoms with Crippen molar-refractivity contribution in [3.63, 3.8) is 0 Å². The van der Waals surface area contributed by atoms with Gasteiger partial charge in [-0.15, -0.1) is 0 Å². The van der Waals surface area contributed by atoms with Gasteiger partial charge in [-0.2, -0.15) is 0 Å². The van der Waals surface area contributed by atoms with Crippen LogP contribution in [0.1, 0.15) is 11.1 Å². The highest BCUT2D eigenvalue weighted by atomic mass is 16.3. The van der Waals surface area contributed by atoms with Crippen molar-refractivity contribution in [1.29, 1.82) is 0 Å². The van der Waals surface area contributed by atoms with Crippen molar-refractivity contribution in [2.75, 3.05) is 19.0 Å². The summed E-state index contributed by atoms with van der Waals surface area (Å²) >= 11 is 0. The van der Waals surface area contributed by atoms with Crippen LogP contribution in [-0.4, -0.2) is 19.1 Å². The van der Waals surface area contributed by atoms with E-state index in [1.54, 1.807) is 0 Å². The van der Waals surface area contributed by atoms with Crippen LogP contribution in [0.3, 0.4) is 0 Å². The van der Waals surface area contributed by atoms with Crippen LogP contribution in [0, 0.1) is 0 Å². The highest BCUT2D eigenvalue weighted by molar-refractivity contribution is 5.81. The van der Waals surface area contributed by atoms with E-state index < -0.39 is 0 Å². The number of oxazole rings is 1. The molecule has 0 spiro atoms. The topological polar surface area (TPSA) is 33.2 Å². The normalized spacial score (nSPS) is 11.4. The standard InChI is InChI=1S/C23H22N3O/c1-25(2)19-12-9-17(10-13-19)8-11-18-14-15-26(3)16-20(18)23-24-21-6-4-5-7-22(21)27-23/h4-16H,1-3H3/q+1. The maximum absolute atomic E-state index is 5.98. The fraction of sp³-hybridized carbons (Fsp3) is 0.130. The zero-order valence-electron chi connectivity index (χ0n) is 15.8. The Morgan fingerprint density at radius 3 is 2.48 bits per heavy atom. The minimum atomic E-state index is 0.634. The first kappa shape index (κ1) is 17.0. The van der Waals surface area contributed by atoms with E-state index in [4.69, 9.17) is 4.42 Å². The van der Waals surface area contributed by atoms with Gasteiger partial charge in [0, 0.05) is 25.8 Å². The molecule has 134 valence electrons. The maximum Gasteiger partial charge on any atom is 0.233 e. The number of para-hydroxylation sites is 2. The van der Waals surface area contributed by atoms with Gasteiger partial charge in [0.25, 0.3) is 0 Å². The van der Waals surface area contributed by atoms with Crippen LogP contribution in [0.2, 0.25) is 0 Å². The van der Waals surface area contributed by atoms with E-state index in [1.807, 2.05) is 62.4 Å². The minimum Gasteiger partial charge on any atom is -0.436 e. The lowest BCUT2D eigenvalue weighted by Crippen LogP contribution is -2.26. The summed E-state index contributed by atoms with van der Waals surface area (Å²) < 4.78 is 7.99. The van der Waals surface area contributed by atoms with Gasteiger partial charge in [-0.05, 0) is 35.4 Å². The molecule has 2 aromatic heterocycles. The van der Waals surface area contributed by atoms with E-state index in [1.165, 1.54) is 5.69 Å². The van der Waals surface area contributed by atoms with E-state index in [0.29, 0.717) is 5.89 Å². The summed E-state index contributed by atoms with van der Waals surface area (Å²) in [5.41, 5.74) is 6.04. The molecule has 27 heavy (non-hydrogen) atoms. The number of rotatable bonds is 4. The Bertz CT molecular complexity index is 1080. The molecule has 0 radical (unpaired) electrons. The van der Waals surface area contributed by atoms with Crippen LogP contribution in [0.5, 0.6) is 0 Å². The molecular weight excluding hydrogens is 334 g/mol. The second-order valence-corrected chi connectivity index (χ2v) is 6.79. The second kappa shape index (κ2) is 7.08. The molecule has 4 heteroatoms. The second-order valence-electron chi connectivity index (χ2n) is 6.79. The van der Waals surface area contributed by atoms with E-state index >= 15 is 0 Å². The van der Waals surface area contributed by atoms with Crippen molar-refractivity contribution < 1.29 is 8.98 Å². The number of pyridine rings is 1. The monoisotopic (exact) mass is 356 g/mol. The number of anilines is 1. The number of fused-ring (bicyclic) bond motifs is 1. The van der Waals surface area contributed by atoms with E-state index in [-0.39, 0.29) is 0 Å². The largest absolute Gasteiger partial charge is 0.436 e. The number of hydrogen-bond donors (Lipinski definition) is 0. The van der Waals surface area contributed by atoms with Crippen molar-refractivity contribution in [1.82, 2.24) is 4.98 Å². The number of hydrogen-bond acceptors (Lipinski definition) is 3. The Balaban J connectivity index is 1.71. The Morgan fingerprint density at radius 1 is 0.963 bits per heavy atom. The van der Waals surface area contributed by atoms with Gasteiger partial charge in [0.15, 0.2) is 18.0 Å². The average molecular weight is 356 g/mol. The molecule has 0 amide bonds. The molecule has 0 unspecified atom stereocenters. The van der Waals surface area contributed by atoms with Gasteiger partial charge in [0.05, 0.1) is 0 Å². The molecule has 0 fully saturated rings. The summed E-state index contributed by atoms with van der Waals surface area (Å²) in [5, 5.41) is 0. The van der Waals surface area contributed by atoms with E-state index in [9.17, 15) is 0 Å². The predicted molar refractivity (Wildman–Crippen MR) is 110 cm³/mol. The molecule has 0 N–H and O–H groups in total. The number of nitrogens with zero attached hydrogens (tertiary/aromatic N) is 3. The lowest BCUT2D eigenvalue weighted by atomic mass is 10.1. The molecule has 4 rings (SSSR count). The molecule has 0 aliphatic heterocycles. The third kappa shape index (κ3) is 3.60. The van der Waals surface area contributed by atoms with E-state index in [2.05, 4.69) is 52.4 Å². The SMILES string of the molecule is CN(C)c1ccc(/C=C/c2cc[n+](C)cc2-c2nc3ccccc3o2)cc1. The summed E-state index contributed by atoms with van der Waals surface area (Å²) in [6.07, 6.45) is 8.29. The maximum atomic E-state index is 5.98. The summed E-state index contributed by atoms with van der Waals surface area (Å²) in [6, 6.07) is 18.4. The van der Waals surface area contributed by atoms with Crippen LogP contribution < -0.4 is 9.47 Å². The van der Waals surface area contributed by atoms with Gasteiger partial charge in [0.2, 0.25) is 5.89 Å². The van der Waals surface area contributed by atoms with Crippen LogP contribution in [0.4, 0.5) is 5.69 Å². The van der Waals surface area contributed by atoms with Crippen molar-refractivity contribution in [2.24, 2.45) is 7.05 Å². The number of aryl methyl sites for hydroxylation is 1. The van der Waals surface area contributed by atoms with Crippen LogP contribution in [0.25, 0.3) is 34.7 Å². The van der Waals surface area contributed by atoms with Gasteiger partial charge in [-0.1, -0.05) is 36.4 Å². The molecule has 4 aromatic rings. The summed E-state index contributed by atoms with van der Waals surface area (Å²) in [6.45, 7) is 0. The molecule has 0 aliphatic rings. The lowest BCUT2D eigenvalue weighted by molar-refractivity contribution is -0.671. The summed E-state index contributed by atoms with van der Waals surface area (Å²) in [7, 11) is 6.09. The number of aromatic nitrogens is 2. The van der Waals surface area contributed by atoms with E-state index in [0.717, 1.165) is 27.8 Å². The Morgan fingerprint density at radius 2 is 1.74 bits per heavy atom. The molecule has 0 atom stereocenters. The molecule has 2 heterocycles. The fourth-order valence-corrected chi connectivity index (χ4v) is 2.99. The third-order valence-corrected chi connectivity index (χ3v) is 4.52. The van der Waals surface area contributed by atoms with Gasteiger partial charge in [-0.25, -0.2) is 9.55 Å². The van der Waals surface area contributed by atoms with Crippen molar-refractivity contribution in [3.05, 3.63) is 78.1 Å². The quantitative estimate of drug-likeness (QED) is 0.503. The highest BCUT2D eigenvalue weighted by Crippen LogP contribution is 2.27. The fourth-order valence-electron chi connectivity index (χ4n) is 2.99. The van der Waals surface area contributed by atoms with Crippen molar-refractivity contribution in [2.45, 2.75) is 0 Å². The van der Waals surface area contributed by atoms with Crippen LogP contribution in [-0.2, 0) is 7.05 Å². The third-order valence-electron chi connectivity index (χ3n) is 4.52. The number of benzene rings is 2. The Kier molecular flexibility index (Phi) is 4.47. The first-order chi connectivity index (χ1) is 13.1. The zero-order valence-corrected chi connectivity index (χ0v) is 15.8. The molecule has 0 bridgehead atoms. The molecular formula is C23H22N3O+. The molecule has 4 nitrogen and oxygen atoms in total. The molecule has 2 aromatic carbocycles. The smallest absolute Gasteiger partial charge is 0.233 e. The highest BCUT2D eigenvalue weighted by Gasteiger charge is 2.14. The van der Waals surface area contributed by atoms with Crippen molar-refractivity contribution >= 4 is 28.9 Å².